The van der Waals surface area contributed by atoms with Crippen molar-refractivity contribution in [3.63, 3.8) is 0 Å². The van der Waals surface area contributed by atoms with E-state index in [-0.39, 0.29) is 5.91 Å². The van der Waals surface area contributed by atoms with Crippen LogP contribution in [0, 0.1) is 20.8 Å². The molecule has 0 radical (unpaired) electrons. The predicted octanol–water partition coefficient (Wildman–Crippen LogP) is 3.91. The molecule has 7 heteroatoms. The maximum Gasteiger partial charge on any atom is 0.253 e. The molecule has 0 atom stereocenters. The molecule has 26 heavy (non-hydrogen) atoms. The van der Waals surface area contributed by atoms with Gasteiger partial charge in [-0.25, -0.2) is 0 Å². The Morgan fingerprint density at radius 2 is 2.08 bits per heavy atom. The van der Waals surface area contributed by atoms with Crippen molar-refractivity contribution >= 4 is 21.8 Å². The molecule has 0 aliphatic carbocycles. The van der Waals surface area contributed by atoms with Crippen LogP contribution in [0.15, 0.2) is 39.3 Å². The molecule has 0 saturated heterocycles. The number of aryl methyl sites for hydroxylation is 3. The Morgan fingerprint density at radius 3 is 2.77 bits per heavy atom. The van der Waals surface area contributed by atoms with E-state index in [4.69, 9.17) is 4.52 Å². The molecule has 3 rings (SSSR count). The fourth-order valence-corrected chi connectivity index (χ4v) is 3.37. The highest BCUT2D eigenvalue weighted by atomic mass is 79.9. The lowest BCUT2D eigenvalue weighted by Gasteiger charge is -2.10. The minimum Gasteiger partial charge on any atom is -0.352 e. The van der Waals surface area contributed by atoms with Crippen LogP contribution in [0.2, 0.25) is 0 Å². The van der Waals surface area contributed by atoms with Gasteiger partial charge in [-0.15, -0.1) is 0 Å². The van der Waals surface area contributed by atoms with Crippen LogP contribution in [0.1, 0.15) is 39.9 Å². The standard InChI is InChI=1S/C19H21BrN4O2/c1-12-10-17(13(2)24(12)16-7-4-6-15(20)11-16)19(25)21-9-5-8-18-22-14(3)23-26-18/h4,6-7,10-11H,5,8-9H2,1-3H3,(H,21,25). The third kappa shape index (κ3) is 4.04. The highest BCUT2D eigenvalue weighted by Gasteiger charge is 2.16. The molecule has 2 heterocycles. The summed E-state index contributed by atoms with van der Waals surface area (Å²) in [6.07, 6.45) is 1.40. The van der Waals surface area contributed by atoms with Gasteiger partial charge in [0.05, 0.1) is 5.56 Å². The molecule has 0 spiro atoms. The number of hydrogen-bond acceptors (Lipinski definition) is 4. The van der Waals surface area contributed by atoms with E-state index in [1.165, 1.54) is 0 Å². The normalized spacial score (nSPS) is 10.9. The highest BCUT2D eigenvalue weighted by Crippen LogP contribution is 2.23. The van der Waals surface area contributed by atoms with Gasteiger partial charge >= 0.3 is 0 Å². The van der Waals surface area contributed by atoms with Crippen molar-refractivity contribution in [1.29, 1.82) is 0 Å². The molecular formula is C19H21BrN4O2. The average Bonchev–Trinajstić information content (AvgIpc) is 3.14. The number of nitrogens with zero attached hydrogens (tertiary/aromatic N) is 3. The Bertz CT molecular complexity index is 930. The fraction of sp³-hybridized carbons (Fsp3) is 0.316. The molecule has 0 aliphatic heterocycles. The lowest BCUT2D eigenvalue weighted by atomic mass is 10.2. The van der Waals surface area contributed by atoms with E-state index in [2.05, 4.69) is 36.0 Å². The fourth-order valence-electron chi connectivity index (χ4n) is 2.98. The number of carbonyl (C=O) groups is 1. The first-order valence-corrected chi connectivity index (χ1v) is 9.27. The van der Waals surface area contributed by atoms with Gasteiger partial charge in [-0.05, 0) is 51.5 Å². The molecule has 0 aliphatic rings. The van der Waals surface area contributed by atoms with Crippen molar-refractivity contribution in [2.75, 3.05) is 6.54 Å². The monoisotopic (exact) mass is 416 g/mol. The zero-order chi connectivity index (χ0) is 18.7. The van der Waals surface area contributed by atoms with Crippen molar-refractivity contribution in [2.24, 2.45) is 0 Å². The topological polar surface area (TPSA) is 73.0 Å². The minimum absolute atomic E-state index is 0.0685. The number of benzene rings is 1. The van der Waals surface area contributed by atoms with E-state index in [0.717, 1.165) is 28.0 Å². The van der Waals surface area contributed by atoms with Gasteiger partial charge < -0.3 is 14.4 Å². The van der Waals surface area contributed by atoms with E-state index in [1.54, 1.807) is 6.92 Å². The van der Waals surface area contributed by atoms with Crippen LogP contribution in [0.3, 0.4) is 0 Å². The predicted molar refractivity (Wildman–Crippen MR) is 103 cm³/mol. The molecule has 2 aromatic heterocycles. The zero-order valence-corrected chi connectivity index (χ0v) is 16.6. The van der Waals surface area contributed by atoms with Gasteiger partial charge in [0.15, 0.2) is 5.82 Å². The summed E-state index contributed by atoms with van der Waals surface area (Å²) in [6.45, 7) is 6.31. The van der Waals surface area contributed by atoms with Crippen molar-refractivity contribution < 1.29 is 9.32 Å². The number of halogens is 1. The first kappa shape index (κ1) is 18.4. The second-order valence-electron chi connectivity index (χ2n) is 6.19. The lowest BCUT2D eigenvalue weighted by Crippen LogP contribution is -2.25. The van der Waals surface area contributed by atoms with Crippen LogP contribution in [0.25, 0.3) is 5.69 Å². The molecule has 0 fully saturated rings. The first-order valence-electron chi connectivity index (χ1n) is 8.48. The molecular weight excluding hydrogens is 396 g/mol. The molecule has 3 aromatic rings. The zero-order valence-electron chi connectivity index (χ0n) is 15.0. The maximum absolute atomic E-state index is 12.6. The molecule has 6 nitrogen and oxygen atoms in total. The number of hydrogen-bond donors (Lipinski definition) is 1. The van der Waals surface area contributed by atoms with Crippen LogP contribution < -0.4 is 5.32 Å². The van der Waals surface area contributed by atoms with Gasteiger partial charge in [0.2, 0.25) is 5.89 Å². The van der Waals surface area contributed by atoms with Crippen molar-refractivity contribution in [3.05, 3.63) is 63.5 Å². The Balaban J connectivity index is 1.65. The molecule has 0 bridgehead atoms. The molecule has 1 N–H and O–H groups in total. The van der Waals surface area contributed by atoms with E-state index in [1.807, 2.05) is 44.2 Å². The van der Waals surface area contributed by atoms with Crippen LogP contribution in [-0.4, -0.2) is 27.2 Å². The van der Waals surface area contributed by atoms with Gasteiger partial charge in [-0.3, -0.25) is 4.79 Å². The minimum atomic E-state index is -0.0685. The SMILES string of the molecule is Cc1noc(CCCNC(=O)c2cc(C)n(-c3cccc(Br)c3)c2C)n1. The molecule has 1 aromatic carbocycles. The number of nitrogens with one attached hydrogen (secondary N) is 1. The lowest BCUT2D eigenvalue weighted by molar-refractivity contribution is 0.0952. The van der Waals surface area contributed by atoms with Gasteiger partial charge in [-0.1, -0.05) is 27.2 Å². The van der Waals surface area contributed by atoms with Gasteiger partial charge in [0, 0.05) is 34.5 Å². The van der Waals surface area contributed by atoms with Gasteiger partial charge in [-0.2, -0.15) is 4.98 Å². The Kier molecular flexibility index (Phi) is 5.56. The van der Waals surface area contributed by atoms with E-state index in [0.29, 0.717) is 30.2 Å². The summed E-state index contributed by atoms with van der Waals surface area (Å²) in [6, 6.07) is 9.95. The number of rotatable bonds is 6. The third-order valence-electron chi connectivity index (χ3n) is 4.16. The summed E-state index contributed by atoms with van der Waals surface area (Å²) in [7, 11) is 0. The average molecular weight is 417 g/mol. The van der Waals surface area contributed by atoms with E-state index < -0.39 is 0 Å². The van der Waals surface area contributed by atoms with Crippen molar-refractivity contribution in [3.8, 4) is 5.69 Å². The summed E-state index contributed by atoms with van der Waals surface area (Å²) in [5, 5.41) is 6.73. The van der Waals surface area contributed by atoms with Crippen LogP contribution in [0.5, 0.6) is 0 Å². The highest BCUT2D eigenvalue weighted by molar-refractivity contribution is 9.10. The number of aromatic nitrogens is 3. The number of carbonyl (C=O) groups excluding carboxylic acids is 1. The summed E-state index contributed by atoms with van der Waals surface area (Å²) >= 11 is 3.50. The Hall–Kier alpha value is -2.41. The smallest absolute Gasteiger partial charge is 0.253 e. The largest absolute Gasteiger partial charge is 0.352 e. The third-order valence-corrected chi connectivity index (χ3v) is 4.66. The van der Waals surface area contributed by atoms with Gasteiger partial charge in [0.25, 0.3) is 5.91 Å². The van der Waals surface area contributed by atoms with Crippen molar-refractivity contribution in [1.82, 2.24) is 20.0 Å². The summed E-state index contributed by atoms with van der Waals surface area (Å²) < 4.78 is 8.16. The second-order valence-corrected chi connectivity index (χ2v) is 7.11. The summed E-state index contributed by atoms with van der Waals surface area (Å²) in [5.74, 6) is 1.16. The summed E-state index contributed by atoms with van der Waals surface area (Å²) in [5.41, 5.74) is 3.66. The van der Waals surface area contributed by atoms with Crippen LogP contribution in [0.4, 0.5) is 0 Å². The molecule has 136 valence electrons. The molecule has 0 saturated carbocycles. The number of amides is 1. The second kappa shape index (κ2) is 7.86. The first-order chi connectivity index (χ1) is 12.5. The Labute approximate surface area is 160 Å². The molecule has 1 amide bonds. The molecule has 0 unspecified atom stereocenters. The van der Waals surface area contributed by atoms with E-state index >= 15 is 0 Å². The quantitative estimate of drug-likeness (QED) is 0.618. The maximum atomic E-state index is 12.6. The van der Waals surface area contributed by atoms with Crippen LogP contribution in [-0.2, 0) is 6.42 Å². The van der Waals surface area contributed by atoms with Crippen LogP contribution >= 0.6 is 15.9 Å². The van der Waals surface area contributed by atoms with E-state index in [9.17, 15) is 4.79 Å². The van der Waals surface area contributed by atoms with Gasteiger partial charge in [0.1, 0.15) is 0 Å². The summed E-state index contributed by atoms with van der Waals surface area (Å²) in [4.78, 5) is 16.7. The van der Waals surface area contributed by atoms with Crippen molar-refractivity contribution in [2.45, 2.75) is 33.6 Å². The Morgan fingerprint density at radius 1 is 1.27 bits per heavy atom.